The van der Waals surface area contributed by atoms with Gasteiger partial charge in [0.15, 0.2) is 0 Å². The van der Waals surface area contributed by atoms with Crippen molar-refractivity contribution in [2.45, 2.75) is 52.7 Å². The van der Waals surface area contributed by atoms with E-state index in [-0.39, 0.29) is 6.10 Å². The van der Waals surface area contributed by atoms with Crippen molar-refractivity contribution in [3.05, 3.63) is 65.9 Å². The van der Waals surface area contributed by atoms with Crippen LogP contribution in [-0.4, -0.2) is 46.1 Å². The molecule has 0 aliphatic rings. The van der Waals surface area contributed by atoms with Gasteiger partial charge < -0.3 is 14.6 Å². The van der Waals surface area contributed by atoms with E-state index in [0.29, 0.717) is 19.0 Å². The highest BCUT2D eigenvalue weighted by atomic mass is 16.5. The second-order valence-corrected chi connectivity index (χ2v) is 7.91. The third-order valence-electron chi connectivity index (χ3n) is 5.49. The Kier molecular flexibility index (Phi) is 8.71. The van der Waals surface area contributed by atoms with Gasteiger partial charge in [0.2, 0.25) is 5.88 Å². The molecule has 172 valence electrons. The van der Waals surface area contributed by atoms with E-state index in [1.165, 1.54) is 0 Å². The fraction of sp³-hybridized carbons (Fsp3) is 0.423. The third kappa shape index (κ3) is 5.90. The Morgan fingerprint density at radius 1 is 1.00 bits per heavy atom. The van der Waals surface area contributed by atoms with Crippen LogP contribution in [0.25, 0.3) is 5.69 Å². The molecule has 3 aromatic rings. The molecule has 0 amide bonds. The summed E-state index contributed by atoms with van der Waals surface area (Å²) in [4.78, 5) is 2.29. The van der Waals surface area contributed by atoms with Crippen LogP contribution in [0, 0.1) is 0 Å². The number of hydrogen-bond donors (Lipinski definition) is 1. The Morgan fingerprint density at radius 2 is 1.69 bits per heavy atom. The van der Waals surface area contributed by atoms with Crippen molar-refractivity contribution in [3.63, 3.8) is 0 Å². The quantitative estimate of drug-likeness (QED) is 0.421. The van der Waals surface area contributed by atoms with Gasteiger partial charge in [0, 0.05) is 13.1 Å². The predicted octanol–water partition coefficient (Wildman–Crippen LogP) is 5.22. The lowest BCUT2D eigenvalue weighted by Crippen LogP contribution is -2.32. The molecule has 1 aromatic heterocycles. The number of ether oxygens (including phenoxy) is 2. The van der Waals surface area contributed by atoms with Crippen LogP contribution in [0.1, 0.15) is 44.9 Å². The first kappa shape index (κ1) is 23.8. The second kappa shape index (κ2) is 11.7. The molecule has 0 aliphatic carbocycles. The molecule has 2 aromatic carbocycles. The number of hydrogen-bond acceptors (Lipinski definition) is 5. The van der Waals surface area contributed by atoms with Gasteiger partial charge in [-0.25, -0.2) is 4.68 Å². The minimum absolute atomic E-state index is 0.346. The lowest BCUT2D eigenvalue weighted by molar-refractivity contribution is 0.105. The van der Waals surface area contributed by atoms with Crippen molar-refractivity contribution in [1.82, 2.24) is 14.7 Å². The molecule has 0 saturated heterocycles. The molecule has 0 aliphatic heterocycles. The van der Waals surface area contributed by atoms with Gasteiger partial charge in [0.25, 0.3) is 0 Å². The van der Waals surface area contributed by atoms with Crippen LogP contribution in [0.4, 0.5) is 0 Å². The second-order valence-electron chi connectivity index (χ2n) is 7.91. The lowest BCUT2D eigenvalue weighted by atomic mass is 10.1. The van der Waals surface area contributed by atoms with Crippen molar-refractivity contribution >= 4 is 0 Å². The van der Waals surface area contributed by atoms with Crippen molar-refractivity contribution < 1.29 is 14.6 Å². The number of aliphatic hydroxyl groups excluding tert-OH is 1. The molecule has 1 atom stereocenters. The summed E-state index contributed by atoms with van der Waals surface area (Å²) in [6, 6.07) is 17.6. The molecule has 0 saturated carbocycles. The predicted molar refractivity (Wildman–Crippen MR) is 128 cm³/mol. The highest BCUT2D eigenvalue weighted by molar-refractivity contribution is 5.44. The fourth-order valence-corrected chi connectivity index (χ4v) is 3.73. The zero-order valence-electron chi connectivity index (χ0n) is 19.6. The van der Waals surface area contributed by atoms with Gasteiger partial charge in [-0.05, 0) is 62.2 Å². The third-order valence-corrected chi connectivity index (χ3v) is 5.49. The SMILES string of the molecule is CCCN(Cc1c(CC)nn(-c2ccccc2)c1Oc1ccc(OC)cc1)C[C@H](O)CC. The number of nitrogens with zero attached hydrogens (tertiary/aromatic N) is 3. The van der Waals surface area contributed by atoms with Crippen LogP contribution in [0.3, 0.4) is 0 Å². The molecular weight excluding hydrogens is 402 g/mol. The molecule has 1 heterocycles. The number of aryl methyl sites for hydroxylation is 1. The van der Waals surface area contributed by atoms with Crippen LogP contribution in [-0.2, 0) is 13.0 Å². The van der Waals surface area contributed by atoms with Gasteiger partial charge in [0.05, 0.1) is 30.2 Å². The highest BCUT2D eigenvalue weighted by Crippen LogP contribution is 2.33. The standard InChI is InChI=1S/C26H35N3O3/c1-5-17-28(18-21(30)6-2)19-24-25(7-3)27-29(20-11-9-8-10-12-20)26(24)32-23-15-13-22(31-4)14-16-23/h8-16,21,30H,5-7,17-19H2,1-4H3/t21-/m1/s1. The largest absolute Gasteiger partial charge is 0.497 e. The maximum atomic E-state index is 10.3. The Morgan fingerprint density at radius 3 is 2.28 bits per heavy atom. The Hall–Kier alpha value is -2.83. The van der Waals surface area contributed by atoms with Gasteiger partial charge in [-0.15, -0.1) is 0 Å². The van der Waals surface area contributed by atoms with Gasteiger partial charge >= 0.3 is 0 Å². The summed E-state index contributed by atoms with van der Waals surface area (Å²) in [5.74, 6) is 2.22. The Balaban J connectivity index is 2.04. The number of aromatic nitrogens is 2. The zero-order valence-corrected chi connectivity index (χ0v) is 19.6. The first-order chi connectivity index (χ1) is 15.6. The molecule has 6 heteroatoms. The summed E-state index contributed by atoms with van der Waals surface area (Å²) < 4.78 is 13.6. The molecule has 0 unspecified atom stereocenters. The summed E-state index contributed by atoms with van der Waals surface area (Å²) in [6.45, 7) is 8.49. The average Bonchev–Trinajstić information content (AvgIpc) is 3.17. The average molecular weight is 438 g/mol. The van der Waals surface area contributed by atoms with E-state index >= 15 is 0 Å². The van der Waals surface area contributed by atoms with E-state index in [9.17, 15) is 5.11 Å². The fourth-order valence-electron chi connectivity index (χ4n) is 3.73. The van der Waals surface area contributed by atoms with Crippen LogP contribution < -0.4 is 9.47 Å². The first-order valence-corrected chi connectivity index (χ1v) is 11.5. The molecule has 1 N–H and O–H groups in total. The van der Waals surface area contributed by atoms with E-state index in [1.807, 2.05) is 66.2 Å². The Bertz CT molecular complexity index is 954. The molecule has 0 bridgehead atoms. The zero-order chi connectivity index (χ0) is 22.9. The molecular formula is C26H35N3O3. The summed E-state index contributed by atoms with van der Waals surface area (Å²) >= 11 is 0. The van der Waals surface area contributed by atoms with E-state index < -0.39 is 0 Å². The monoisotopic (exact) mass is 437 g/mol. The van der Waals surface area contributed by atoms with Crippen LogP contribution in [0.15, 0.2) is 54.6 Å². The molecule has 0 spiro atoms. The molecule has 0 radical (unpaired) electrons. The topological polar surface area (TPSA) is 59.8 Å². The van der Waals surface area contributed by atoms with E-state index in [2.05, 4.69) is 18.7 Å². The summed E-state index contributed by atoms with van der Waals surface area (Å²) in [7, 11) is 1.65. The smallest absolute Gasteiger partial charge is 0.227 e. The molecule has 3 rings (SSSR count). The number of rotatable bonds is 12. The van der Waals surface area contributed by atoms with Crippen molar-refractivity contribution in [2.24, 2.45) is 0 Å². The maximum Gasteiger partial charge on any atom is 0.227 e. The van der Waals surface area contributed by atoms with Crippen LogP contribution in [0.5, 0.6) is 17.4 Å². The normalized spacial score (nSPS) is 12.2. The van der Waals surface area contributed by atoms with Gasteiger partial charge in [-0.2, -0.15) is 5.10 Å². The number of benzene rings is 2. The van der Waals surface area contributed by atoms with Gasteiger partial charge in [-0.1, -0.05) is 39.0 Å². The summed E-state index contributed by atoms with van der Waals surface area (Å²) in [6.07, 6.45) is 2.20. The molecule has 6 nitrogen and oxygen atoms in total. The number of para-hydroxylation sites is 1. The van der Waals surface area contributed by atoms with Gasteiger partial charge in [0.1, 0.15) is 11.5 Å². The van der Waals surface area contributed by atoms with E-state index in [4.69, 9.17) is 14.6 Å². The summed E-state index contributed by atoms with van der Waals surface area (Å²) in [5, 5.41) is 15.2. The number of aliphatic hydroxyl groups is 1. The first-order valence-electron chi connectivity index (χ1n) is 11.5. The molecule has 32 heavy (non-hydrogen) atoms. The Labute approximate surface area is 191 Å². The van der Waals surface area contributed by atoms with Gasteiger partial charge in [-0.3, -0.25) is 4.90 Å². The molecule has 0 fully saturated rings. The van der Waals surface area contributed by atoms with Crippen LogP contribution >= 0.6 is 0 Å². The van der Waals surface area contributed by atoms with E-state index in [0.717, 1.165) is 54.3 Å². The minimum Gasteiger partial charge on any atom is -0.497 e. The highest BCUT2D eigenvalue weighted by Gasteiger charge is 2.23. The number of methoxy groups -OCH3 is 1. The van der Waals surface area contributed by atoms with Crippen LogP contribution in [0.2, 0.25) is 0 Å². The summed E-state index contributed by atoms with van der Waals surface area (Å²) in [5.41, 5.74) is 3.01. The van der Waals surface area contributed by atoms with Crippen molar-refractivity contribution in [2.75, 3.05) is 20.2 Å². The lowest BCUT2D eigenvalue weighted by Gasteiger charge is -2.24. The van der Waals surface area contributed by atoms with Crippen molar-refractivity contribution in [3.8, 4) is 23.1 Å². The van der Waals surface area contributed by atoms with Crippen molar-refractivity contribution in [1.29, 1.82) is 0 Å². The maximum absolute atomic E-state index is 10.3. The minimum atomic E-state index is -0.346. The van der Waals surface area contributed by atoms with E-state index in [1.54, 1.807) is 7.11 Å².